The van der Waals surface area contributed by atoms with Gasteiger partial charge in [0.2, 0.25) is 0 Å². The van der Waals surface area contributed by atoms with Gasteiger partial charge in [-0.15, -0.1) is 0 Å². The van der Waals surface area contributed by atoms with Crippen LogP contribution >= 0.6 is 22.6 Å². The third kappa shape index (κ3) is 2.55. The van der Waals surface area contributed by atoms with Gasteiger partial charge in [-0.1, -0.05) is 6.07 Å². The molecule has 0 saturated carbocycles. The monoisotopic (exact) mass is 293 g/mol. The molecule has 72 valence electrons. The summed E-state index contributed by atoms with van der Waals surface area (Å²) >= 11 is 2.00. The van der Waals surface area contributed by atoms with Gasteiger partial charge in [-0.25, -0.2) is 0 Å². The molecular weight excluding hydrogens is 281 g/mol. The average molecular weight is 293 g/mol. The zero-order chi connectivity index (χ0) is 10.0. The van der Waals surface area contributed by atoms with Crippen LogP contribution in [-0.2, 0) is 0 Å². The topological polar surface area (TPSA) is 66.5 Å². The molecule has 0 amide bonds. The van der Waals surface area contributed by atoms with Gasteiger partial charge in [0.25, 0.3) is 0 Å². The number of hydrogen-bond acceptors (Lipinski definition) is 3. The second kappa shape index (κ2) is 4.26. The van der Waals surface area contributed by atoms with Crippen LogP contribution in [0.2, 0.25) is 0 Å². The van der Waals surface area contributed by atoms with E-state index in [0.29, 0.717) is 0 Å². The summed E-state index contributed by atoms with van der Waals surface area (Å²) < 4.78 is 0.717. The number of aromatic hydroxyl groups is 1. The third-order valence-corrected chi connectivity index (χ3v) is 2.68. The van der Waals surface area contributed by atoms with Crippen molar-refractivity contribution in [3.05, 3.63) is 27.3 Å². The van der Waals surface area contributed by atoms with Gasteiger partial charge < -0.3 is 15.9 Å². The molecule has 4 heteroatoms. The molecule has 1 aromatic carbocycles. The molecule has 4 N–H and O–H groups in total. The molecule has 0 bridgehead atoms. The van der Waals surface area contributed by atoms with Crippen LogP contribution in [0.4, 0.5) is 0 Å². The Morgan fingerprint density at radius 2 is 2.08 bits per heavy atom. The third-order valence-electron chi connectivity index (χ3n) is 1.81. The second-order valence-electron chi connectivity index (χ2n) is 3.01. The van der Waals surface area contributed by atoms with Crippen LogP contribution in [-0.4, -0.2) is 16.3 Å². The van der Waals surface area contributed by atoms with Crippen molar-refractivity contribution < 1.29 is 10.2 Å². The maximum Gasteiger partial charge on any atom is 0.128 e. The first-order chi connectivity index (χ1) is 6.02. The van der Waals surface area contributed by atoms with E-state index in [1.165, 1.54) is 0 Å². The Balaban J connectivity index is 2.97. The Kier molecular flexibility index (Phi) is 3.52. The molecule has 0 aliphatic heterocycles. The Bertz CT molecular complexity index is 302. The second-order valence-corrected chi connectivity index (χ2v) is 4.18. The summed E-state index contributed by atoms with van der Waals surface area (Å²) in [5.74, 6) is 0.223. The lowest BCUT2D eigenvalue weighted by Gasteiger charge is -2.15. The summed E-state index contributed by atoms with van der Waals surface area (Å²) in [6, 6.07) is 4.65. The maximum absolute atomic E-state index is 9.60. The van der Waals surface area contributed by atoms with Crippen molar-refractivity contribution in [1.82, 2.24) is 0 Å². The molecule has 0 radical (unpaired) electrons. The van der Waals surface area contributed by atoms with Crippen LogP contribution in [0.5, 0.6) is 5.75 Å². The van der Waals surface area contributed by atoms with E-state index in [2.05, 4.69) is 0 Å². The molecule has 1 rings (SSSR count). The van der Waals surface area contributed by atoms with E-state index in [1.54, 1.807) is 25.1 Å². The number of phenols is 1. The SMILES string of the molecule is CC(N)C(O)c1ccc(O)c(I)c1. The van der Waals surface area contributed by atoms with E-state index >= 15 is 0 Å². The molecule has 0 spiro atoms. The summed E-state index contributed by atoms with van der Waals surface area (Å²) in [5.41, 5.74) is 6.27. The summed E-state index contributed by atoms with van der Waals surface area (Å²) in [7, 11) is 0. The van der Waals surface area contributed by atoms with E-state index in [1.807, 2.05) is 22.6 Å². The molecule has 0 aromatic heterocycles. The zero-order valence-corrected chi connectivity index (χ0v) is 9.39. The summed E-state index contributed by atoms with van der Waals surface area (Å²) in [5, 5.41) is 18.8. The highest BCUT2D eigenvalue weighted by atomic mass is 127. The number of rotatable bonds is 2. The van der Waals surface area contributed by atoms with Gasteiger partial charge in [0.1, 0.15) is 5.75 Å². The minimum absolute atomic E-state index is 0.223. The molecule has 13 heavy (non-hydrogen) atoms. The minimum Gasteiger partial charge on any atom is -0.507 e. The van der Waals surface area contributed by atoms with Crippen LogP contribution in [0.3, 0.4) is 0 Å². The Morgan fingerprint density at radius 3 is 2.54 bits per heavy atom. The van der Waals surface area contributed by atoms with Crippen molar-refractivity contribution in [2.75, 3.05) is 0 Å². The summed E-state index contributed by atoms with van der Waals surface area (Å²) in [6.45, 7) is 1.74. The highest BCUT2D eigenvalue weighted by molar-refractivity contribution is 14.1. The first-order valence-electron chi connectivity index (χ1n) is 3.94. The molecule has 0 aliphatic carbocycles. The fourth-order valence-electron chi connectivity index (χ4n) is 1.01. The van der Waals surface area contributed by atoms with Crippen LogP contribution in [0.15, 0.2) is 18.2 Å². The number of aliphatic hydroxyl groups excluding tert-OH is 1. The van der Waals surface area contributed by atoms with Gasteiger partial charge in [0.15, 0.2) is 0 Å². The van der Waals surface area contributed by atoms with Crippen LogP contribution < -0.4 is 5.73 Å². The summed E-state index contributed by atoms with van der Waals surface area (Å²) in [4.78, 5) is 0. The van der Waals surface area contributed by atoms with Gasteiger partial charge in [-0.05, 0) is 47.2 Å². The van der Waals surface area contributed by atoms with Crippen molar-refractivity contribution in [1.29, 1.82) is 0 Å². The predicted molar refractivity (Wildman–Crippen MR) is 59.4 cm³/mol. The van der Waals surface area contributed by atoms with Crippen molar-refractivity contribution in [2.45, 2.75) is 19.1 Å². The van der Waals surface area contributed by atoms with Crippen molar-refractivity contribution >= 4 is 22.6 Å². The quantitative estimate of drug-likeness (QED) is 0.722. The Morgan fingerprint density at radius 1 is 1.46 bits per heavy atom. The average Bonchev–Trinajstić information content (AvgIpc) is 2.08. The maximum atomic E-state index is 9.60. The largest absolute Gasteiger partial charge is 0.507 e. The lowest BCUT2D eigenvalue weighted by atomic mass is 10.0. The highest BCUT2D eigenvalue weighted by Gasteiger charge is 2.13. The number of hydrogen-bond donors (Lipinski definition) is 3. The molecular formula is C9H12INO2. The van der Waals surface area contributed by atoms with E-state index in [0.717, 1.165) is 9.13 Å². The Hall–Kier alpha value is -0.330. The number of aliphatic hydroxyl groups is 1. The molecule has 0 saturated heterocycles. The standard InChI is InChI=1S/C9H12INO2/c1-5(11)9(13)6-2-3-8(12)7(10)4-6/h2-5,9,12-13H,11H2,1H3. The fraction of sp³-hybridized carbons (Fsp3) is 0.333. The zero-order valence-electron chi connectivity index (χ0n) is 7.24. The first kappa shape index (κ1) is 10.7. The smallest absolute Gasteiger partial charge is 0.128 e. The van der Waals surface area contributed by atoms with Crippen molar-refractivity contribution in [3.63, 3.8) is 0 Å². The predicted octanol–water partition coefficient (Wildman–Crippen LogP) is 1.38. The Labute approximate surface area is 90.7 Å². The van der Waals surface area contributed by atoms with E-state index in [-0.39, 0.29) is 11.8 Å². The molecule has 2 atom stereocenters. The number of halogens is 1. The van der Waals surface area contributed by atoms with Crippen LogP contribution in [0.25, 0.3) is 0 Å². The van der Waals surface area contributed by atoms with Gasteiger partial charge in [-0.2, -0.15) is 0 Å². The van der Waals surface area contributed by atoms with E-state index < -0.39 is 6.10 Å². The van der Waals surface area contributed by atoms with E-state index in [9.17, 15) is 10.2 Å². The molecule has 0 heterocycles. The molecule has 1 aromatic rings. The fourth-order valence-corrected chi connectivity index (χ4v) is 1.55. The number of benzene rings is 1. The minimum atomic E-state index is -0.672. The summed E-state index contributed by atoms with van der Waals surface area (Å²) in [6.07, 6.45) is -0.672. The van der Waals surface area contributed by atoms with Crippen LogP contribution in [0, 0.1) is 3.57 Å². The number of phenolic OH excluding ortho intramolecular Hbond substituents is 1. The molecule has 2 unspecified atom stereocenters. The van der Waals surface area contributed by atoms with Crippen molar-refractivity contribution in [3.8, 4) is 5.75 Å². The van der Waals surface area contributed by atoms with Gasteiger partial charge in [-0.3, -0.25) is 0 Å². The van der Waals surface area contributed by atoms with Gasteiger partial charge >= 0.3 is 0 Å². The molecule has 3 nitrogen and oxygen atoms in total. The van der Waals surface area contributed by atoms with Gasteiger partial charge in [0.05, 0.1) is 9.67 Å². The van der Waals surface area contributed by atoms with Crippen molar-refractivity contribution in [2.24, 2.45) is 5.73 Å². The number of nitrogens with two attached hydrogens (primary N) is 1. The molecule has 0 fully saturated rings. The van der Waals surface area contributed by atoms with E-state index in [4.69, 9.17) is 5.73 Å². The first-order valence-corrected chi connectivity index (χ1v) is 5.02. The van der Waals surface area contributed by atoms with Crippen LogP contribution in [0.1, 0.15) is 18.6 Å². The normalized spacial score (nSPS) is 15.4. The lowest BCUT2D eigenvalue weighted by molar-refractivity contribution is 0.153. The highest BCUT2D eigenvalue weighted by Crippen LogP contribution is 2.24. The van der Waals surface area contributed by atoms with Gasteiger partial charge in [0, 0.05) is 6.04 Å². The molecule has 0 aliphatic rings. The lowest BCUT2D eigenvalue weighted by Crippen LogP contribution is -2.24.